The second-order valence-corrected chi connectivity index (χ2v) is 11.3. The standard InChI is InChI=1S/C27H42N4O5/c1-17(2)31-15-18(3)22(16-30(7)26(34)36-27(4,5)6)35-23-20(25(31)33)11-8-12-21(23)29-24(32)19-10-9-13-28-14-19/h8,11-12,17-19,22,28H,9-10,13-16H2,1-7H3,(H,29,32)/t18-,19?,22+/m0/s1. The molecule has 1 aromatic carbocycles. The Bertz CT molecular complexity index is 952. The van der Waals surface area contributed by atoms with E-state index in [1.54, 1.807) is 25.2 Å². The smallest absolute Gasteiger partial charge is 0.410 e. The molecule has 0 aromatic heterocycles. The van der Waals surface area contributed by atoms with Crippen LogP contribution in [0.3, 0.4) is 0 Å². The van der Waals surface area contributed by atoms with Gasteiger partial charge in [0.05, 0.1) is 23.7 Å². The molecule has 1 aromatic rings. The number of piperidine rings is 1. The van der Waals surface area contributed by atoms with Crippen LogP contribution in [0.2, 0.25) is 0 Å². The molecule has 2 aliphatic rings. The van der Waals surface area contributed by atoms with E-state index in [4.69, 9.17) is 9.47 Å². The number of benzene rings is 1. The van der Waals surface area contributed by atoms with E-state index in [1.807, 2.05) is 46.4 Å². The van der Waals surface area contributed by atoms with Crippen LogP contribution >= 0.6 is 0 Å². The van der Waals surface area contributed by atoms with Crippen molar-refractivity contribution < 1.29 is 23.9 Å². The zero-order chi connectivity index (χ0) is 26.6. The molecule has 2 heterocycles. The molecular formula is C27H42N4O5. The first-order valence-electron chi connectivity index (χ1n) is 12.9. The van der Waals surface area contributed by atoms with Gasteiger partial charge in [0.15, 0.2) is 5.75 Å². The molecule has 9 heteroatoms. The van der Waals surface area contributed by atoms with Crippen LogP contribution < -0.4 is 15.4 Å². The highest BCUT2D eigenvalue weighted by molar-refractivity contribution is 6.02. The zero-order valence-electron chi connectivity index (χ0n) is 22.7. The Hall–Kier alpha value is -2.81. The van der Waals surface area contributed by atoms with Crippen molar-refractivity contribution in [1.29, 1.82) is 0 Å². The fourth-order valence-electron chi connectivity index (χ4n) is 4.52. The molecule has 0 saturated carbocycles. The number of likely N-dealkylation sites (N-methyl/N-ethyl adjacent to an activating group) is 1. The first kappa shape index (κ1) is 27.8. The van der Waals surface area contributed by atoms with E-state index < -0.39 is 17.8 Å². The lowest BCUT2D eigenvalue weighted by Crippen LogP contribution is -2.49. The number of carbonyl (C=O) groups is 3. The summed E-state index contributed by atoms with van der Waals surface area (Å²) in [5.74, 6) is -0.106. The molecule has 3 rings (SSSR count). The van der Waals surface area contributed by atoms with Crippen molar-refractivity contribution in [1.82, 2.24) is 15.1 Å². The predicted molar refractivity (Wildman–Crippen MR) is 139 cm³/mol. The fraction of sp³-hybridized carbons (Fsp3) is 0.667. The molecule has 3 atom stereocenters. The lowest BCUT2D eigenvalue weighted by molar-refractivity contribution is -0.120. The summed E-state index contributed by atoms with van der Waals surface area (Å²) in [5.41, 5.74) is 0.261. The second kappa shape index (κ2) is 11.5. The third-order valence-electron chi connectivity index (χ3n) is 6.60. The van der Waals surface area contributed by atoms with E-state index in [0.717, 1.165) is 19.4 Å². The summed E-state index contributed by atoms with van der Waals surface area (Å²) >= 11 is 0. The molecule has 1 unspecified atom stereocenters. The van der Waals surface area contributed by atoms with Crippen molar-refractivity contribution in [3.63, 3.8) is 0 Å². The Kier molecular flexibility index (Phi) is 8.87. The normalized spacial score (nSPS) is 22.7. The number of fused-ring (bicyclic) bond motifs is 1. The van der Waals surface area contributed by atoms with Crippen molar-refractivity contribution in [3.8, 4) is 5.75 Å². The fourth-order valence-corrected chi connectivity index (χ4v) is 4.52. The van der Waals surface area contributed by atoms with Gasteiger partial charge in [-0.2, -0.15) is 0 Å². The number of rotatable bonds is 5. The van der Waals surface area contributed by atoms with E-state index in [-0.39, 0.29) is 36.2 Å². The number of anilines is 1. The molecule has 36 heavy (non-hydrogen) atoms. The minimum absolute atomic E-state index is 0.0262. The summed E-state index contributed by atoms with van der Waals surface area (Å²) in [7, 11) is 1.68. The monoisotopic (exact) mass is 502 g/mol. The maximum atomic E-state index is 13.5. The Labute approximate surface area is 214 Å². The van der Waals surface area contributed by atoms with Crippen molar-refractivity contribution in [2.45, 2.75) is 72.1 Å². The molecule has 2 N–H and O–H groups in total. The number of para-hydroxylation sites is 1. The van der Waals surface area contributed by atoms with Gasteiger partial charge < -0.3 is 29.9 Å². The van der Waals surface area contributed by atoms with E-state index in [1.165, 1.54) is 4.90 Å². The van der Waals surface area contributed by atoms with Crippen molar-refractivity contribution in [2.24, 2.45) is 11.8 Å². The van der Waals surface area contributed by atoms with E-state index in [0.29, 0.717) is 30.1 Å². The Morgan fingerprint density at radius 1 is 1.31 bits per heavy atom. The number of amides is 3. The molecule has 3 amide bonds. The quantitative estimate of drug-likeness (QED) is 0.636. The molecule has 0 radical (unpaired) electrons. The van der Waals surface area contributed by atoms with Crippen LogP contribution in [0.25, 0.3) is 0 Å². The Morgan fingerprint density at radius 3 is 2.64 bits per heavy atom. The molecule has 200 valence electrons. The lowest BCUT2D eigenvalue weighted by Gasteiger charge is -2.38. The minimum atomic E-state index is -0.613. The summed E-state index contributed by atoms with van der Waals surface area (Å²) in [6.07, 6.45) is 0.892. The van der Waals surface area contributed by atoms with Gasteiger partial charge in [0.2, 0.25) is 5.91 Å². The van der Waals surface area contributed by atoms with Gasteiger partial charge in [-0.25, -0.2) is 4.79 Å². The van der Waals surface area contributed by atoms with Gasteiger partial charge in [-0.15, -0.1) is 0 Å². The predicted octanol–water partition coefficient (Wildman–Crippen LogP) is 3.74. The van der Waals surface area contributed by atoms with Crippen LogP contribution in [0.5, 0.6) is 5.75 Å². The topological polar surface area (TPSA) is 100 Å². The molecule has 9 nitrogen and oxygen atoms in total. The number of hydrogen-bond donors (Lipinski definition) is 2. The van der Waals surface area contributed by atoms with Crippen LogP contribution in [0.15, 0.2) is 18.2 Å². The molecule has 1 fully saturated rings. The molecular weight excluding hydrogens is 460 g/mol. The highest BCUT2D eigenvalue weighted by Crippen LogP contribution is 2.35. The van der Waals surface area contributed by atoms with Crippen LogP contribution in [-0.4, -0.2) is 78.7 Å². The van der Waals surface area contributed by atoms with Gasteiger partial charge in [0.1, 0.15) is 11.7 Å². The van der Waals surface area contributed by atoms with E-state index in [9.17, 15) is 14.4 Å². The summed E-state index contributed by atoms with van der Waals surface area (Å²) in [6.45, 7) is 13.7. The molecule has 2 aliphatic heterocycles. The molecule has 0 bridgehead atoms. The maximum absolute atomic E-state index is 13.5. The van der Waals surface area contributed by atoms with Crippen LogP contribution in [0, 0.1) is 11.8 Å². The highest BCUT2D eigenvalue weighted by Gasteiger charge is 2.35. The van der Waals surface area contributed by atoms with Crippen molar-refractivity contribution in [2.75, 3.05) is 38.5 Å². The van der Waals surface area contributed by atoms with Crippen LogP contribution in [0.1, 0.15) is 64.7 Å². The van der Waals surface area contributed by atoms with Gasteiger partial charge in [-0.1, -0.05) is 13.0 Å². The summed E-state index contributed by atoms with van der Waals surface area (Å²) in [6, 6.07) is 5.23. The van der Waals surface area contributed by atoms with Gasteiger partial charge in [0.25, 0.3) is 5.91 Å². The third-order valence-corrected chi connectivity index (χ3v) is 6.60. The average Bonchev–Trinajstić information content (AvgIpc) is 2.80. The first-order chi connectivity index (χ1) is 16.9. The Balaban J connectivity index is 1.93. The molecule has 0 aliphatic carbocycles. The summed E-state index contributed by atoms with van der Waals surface area (Å²) < 4.78 is 12.0. The highest BCUT2D eigenvalue weighted by atomic mass is 16.6. The molecule has 0 spiro atoms. The van der Waals surface area contributed by atoms with Gasteiger partial charge in [0, 0.05) is 32.1 Å². The number of nitrogens with zero attached hydrogens (tertiary/aromatic N) is 2. The number of nitrogens with one attached hydrogen (secondary N) is 2. The SMILES string of the molecule is CC(C)N1C[C@H](C)[C@@H](CN(C)C(=O)OC(C)(C)C)Oc2c(NC(=O)C3CCCNC3)cccc2C1=O. The van der Waals surface area contributed by atoms with Gasteiger partial charge in [-0.05, 0) is 66.1 Å². The zero-order valence-corrected chi connectivity index (χ0v) is 22.7. The maximum Gasteiger partial charge on any atom is 0.410 e. The van der Waals surface area contributed by atoms with Gasteiger partial charge >= 0.3 is 6.09 Å². The Morgan fingerprint density at radius 2 is 2.03 bits per heavy atom. The van der Waals surface area contributed by atoms with Gasteiger partial charge in [-0.3, -0.25) is 9.59 Å². The summed E-state index contributed by atoms with van der Waals surface area (Å²) in [5, 5.41) is 6.28. The lowest BCUT2D eigenvalue weighted by atomic mass is 9.98. The average molecular weight is 503 g/mol. The van der Waals surface area contributed by atoms with Crippen LogP contribution in [0.4, 0.5) is 10.5 Å². The third kappa shape index (κ3) is 6.90. The first-order valence-corrected chi connectivity index (χ1v) is 12.9. The van der Waals surface area contributed by atoms with Crippen molar-refractivity contribution >= 4 is 23.6 Å². The number of hydrogen-bond acceptors (Lipinski definition) is 6. The number of carbonyl (C=O) groups excluding carboxylic acids is 3. The van der Waals surface area contributed by atoms with E-state index in [2.05, 4.69) is 10.6 Å². The van der Waals surface area contributed by atoms with Crippen LogP contribution in [-0.2, 0) is 9.53 Å². The second-order valence-electron chi connectivity index (χ2n) is 11.3. The molecule has 1 saturated heterocycles. The van der Waals surface area contributed by atoms with Crippen molar-refractivity contribution in [3.05, 3.63) is 23.8 Å². The summed E-state index contributed by atoms with van der Waals surface area (Å²) in [4.78, 5) is 42.6. The largest absolute Gasteiger partial charge is 0.485 e. The number of ether oxygens (including phenoxy) is 2. The minimum Gasteiger partial charge on any atom is -0.485 e. The van der Waals surface area contributed by atoms with E-state index >= 15 is 0 Å².